The molecule has 0 atom stereocenters. The summed E-state index contributed by atoms with van der Waals surface area (Å²) in [5, 5.41) is 4.68. The van der Waals surface area contributed by atoms with Crippen LogP contribution in [-0.4, -0.2) is 47.6 Å². The zero-order valence-electron chi connectivity index (χ0n) is 18.6. The minimum absolute atomic E-state index is 0.0548. The first kappa shape index (κ1) is 23.2. The van der Waals surface area contributed by atoms with Crippen LogP contribution in [0.2, 0.25) is 10.0 Å². The van der Waals surface area contributed by atoms with E-state index in [1.807, 2.05) is 56.3 Å². The predicted molar refractivity (Wildman–Crippen MR) is 130 cm³/mol. The molecule has 2 aromatic rings. The first-order chi connectivity index (χ1) is 14.8. The van der Waals surface area contributed by atoms with Gasteiger partial charge in [0.05, 0.1) is 17.8 Å². The Balaban J connectivity index is 1.89. The van der Waals surface area contributed by atoms with Gasteiger partial charge in [-0.05, 0) is 63.6 Å². The van der Waals surface area contributed by atoms with Crippen molar-refractivity contribution in [3.05, 3.63) is 58.1 Å². The number of benzene rings is 2. The number of hydrogen-bond donors (Lipinski definition) is 1. The fourth-order valence-electron chi connectivity index (χ4n) is 3.22. The summed E-state index contributed by atoms with van der Waals surface area (Å²) < 4.78 is 5.74. The summed E-state index contributed by atoms with van der Waals surface area (Å²) in [4.78, 5) is 13.5. The predicted octanol–water partition coefficient (Wildman–Crippen LogP) is 5.72. The Labute approximate surface area is 194 Å². The van der Waals surface area contributed by atoms with Crippen molar-refractivity contribution >= 4 is 40.8 Å². The maximum atomic E-state index is 6.43. The number of anilines is 1. The standard InChI is InChI=1S/C23H29Cl2N5O/c1-15(2)30-14-29(13-17-6-8-18(24)9-7-17)23(28-22(30)26-5)27-19-10-11-21(20(25)12-19)31-16(3)4/h6-12,15-16H,13-14H2,1-5H3,(H,26,27,28). The van der Waals surface area contributed by atoms with E-state index in [-0.39, 0.29) is 12.1 Å². The average molecular weight is 462 g/mol. The summed E-state index contributed by atoms with van der Waals surface area (Å²) in [5.74, 6) is 2.06. The lowest BCUT2D eigenvalue weighted by molar-refractivity contribution is 0.219. The lowest BCUT2D eigenvalue weighted by atomic mass is 10.2. The largest absolute Gasteiger partial charge is 0.489 e. The lowest BCUT2D eigenvalue weighted by Gasteiger charge is -2.39. The summed E-state index contributed by atoms with van der Waals surface area (Å²) in [7, 11) is 1.76. The molecule has 166 valence electrons. The number of nitrogens with zero attached hydrogens (tertiary/aromatic N) is 4. The Kier molecular flexibility index (Phi) is 7.68. The van der Waals surface area contributed by atoms with Gasteiger partial charge in [0.15, 0.2) is 0 Å². The Morgan fingerprint density at radius 3 is 2.39 bits per heavy atom. The quantitative estimate of drug-likeness (QED) is 0.597. The van der Waals surface area contributed by atoms with Crippen molar-refractivity contribution in [1.82, 2.24) is 9.80 Å². The van der Waals surface area contributed by atoms with Crippen LogP contribution in [0.5, 0.6) is 5.75 Å². The monoisotopic (exact) mass is 461 g/mol. The molecule has 0 saturated carbocycles. The molecular formula is C23H29Cl2N5O. The summed E-state index contributed by atoms with van der Waals surface area (Å²) >= 11 is 12.5. The van der Waals surface area contributed by atoms with Crippen LogP contribution in [0.3, 0.4) is 0 Å². The van der Waals surface area contributed by atoms with Crippen LogP contribution in [0.15, 0.2) is 52.4 Å². The highest BCUT2D eigenvalue weighted by molar-refractivity contribution is 6.32. The van der Waals surface area contributed by atoms with E-state index in [4.69, 9.17) is 32.9 Å². The van der Waals surface area contributed by atoms with Crippen LogP contribution < -0.4 is 10.1 Å². The summed E-state index contributed by atoms with van der Waals surface area (Å²) in [6.45, 7) is 9.53. The molecule has 1 aliphatic rings. The van der Waals surface area contributed by atoms with Crippen LogP contribution in [0.4, 0.5) is 5.69 Å². The van der Waals surface area contributed by atoms with E-state index in [2.05, 4.69) is 34.0 Å². The number of nitrogens with one attached hydrogen (secondary N) is 1. The molecule has 0 spiro atoms. The highest BCUT2D eigenvalue weighted by atomic mass is 35.5. The number of ether oxygens (including phenoxy) is 1. The molecule has 0 aliphatic carbocycles. The second kappa shape index (κ2) is 10.2. The molecule has 0 aromatic heterocycles. The third-order valence-electron chi connectivity index (χ3n) is 4.75. The Bertz CT molecular complexity index is 957. The summed E-state index contributed by atoms with van der Waals surface area (Å²) in [5.41, 5.74) is 1.97. The smallest absolute Gasteiger partial charge is 0.225 e. The Hall–Kier alpha value is -2.44. The van der Waals surface area contributed by atoms with Crippen molar-refractivity contribution in [3.8, 4) is 5.75 Å². The number of aliphatic imine (C=N–C) groups is 2. The van der Waals surface area contributed by atoms with Crippen LogP contribution in [0.1, 0.15) is 33.3 Å². The first-order valence-corrected chi connectivity index (χ1v) is 11.1. The van der Waals surface area contributed by atoms with Gasteiger partial charge in [0.2, 0.25) is 11.9 Å². The van der Waals surface area contributed by atoms with E-state index >= 15 is 0 Å². The van der Waals surface area contributed by atoms with Crippen molar-refractivity contribution in [2.24, 2.45) is 9.98 Å². The molecule has 0 bridgehead atoms. The molecule has 31 heavy (non-hydrogen) atoms. The van der Waals surface area contributed by atoms with Gasteiger partial charge >= 0.3 is 0 Å². The van der Waals surface area contributed by atoms with Crippen molar-refractivity contribution in [1.29, 1.82) is 0 Å². The molecule has 0 saturated heterocycles. The SMILES string of the molecule is CN=C1N=C(Nc2ccc(OC(C)C)c(Cl)c2)N(Cc2ccc(Cl)cc2)CN1C(C)C. The molecule has 8 heteroatoms. The Morgan fingerprint density at radius 2 is 1.81 bits per heavy atom. The maximum absolute atomic E-state index is 6.43. The van der Waals surface area contributed by atoms with Crippen LogP contribution in [0.25, 0.3) is 0 Å². The first-order valence-electron chi connectivity index (χ1n) is 10.3. The zero-order chi connectivity index (χ0) is 22.5. The third kappa shape index (κ3) is 6.05. The normalized spacial score (nSPS) is 15.6. The molecule has 1 N–H and O–H groups in total. The van der Waals surface area contributed by atoms with Crippen molar-refractivity contribution in [2.45, 2.75) is 46.4 Å². The van der Waals surface area contributed by atoms with E-state index in [9.17, 15) is 0 Å². The van der Waals surface area contributed by atoms with Crippen LogP contribution in [-0.2, 0) is 6.54 Å². The van der Waals surface area contributed by atoms with Gasteiger partial charge in [-0.2, -0.15) is 4.99 Å². The van der Waals surface area contributed by atoms with Crippen LogP contribution >= 0.6 is 23.2 Å². The molecule has 2 aromatic carbocycles. The molecule has 0 unspecified atom stereocenters. The van der Waals surface area contributed by atoms with Gasteiger partial charge in [-0.1, -0.05) is 35.3 Å². The van der Waals surface area contributed by atoms with Crippen molar-refractivity contribution in [3.63, 3.8) is 0 Å². The topological polar surface area (TPSA) is 52.5 Å². The molecule has 6 nitrogen and oxygen atoms in total. The minimum atomic E-state index is 0.0548. The number of rotatable bonds is 6. The zero-order valence-corrected chi connectivity index (χ0v) is 20.1. The van der Waals surface area contributed by atoms with Gasteiger partial charge < -0.3 is 19.9 Å². The van der Waals surface area contributed by atoms with E-state index in [0.29, 0.717) is 35.9 Å². The second-order valence-electron chi connectivity index (χ2n) is 7.93. The lowest BCUT2D eigenvalue weighted by Crippen LogP contribution is -2.53. The highest BCUT2D eigenvalue weighted by Crippen LogP contribution is 2.29. The average Bonchev–Trinajstić information content (AvgIpc) is 2.72. The number of guanidine groups is 2. The van der Waals surface area contributed by atoms with Gasteiger partial charge in [0.25, 0.3) is 0 Å². The molecule has 1 aliphatic heterocycles. The van der Waals surface area contributed by atoms with Gasteiger partial charge in [-0.15, -0.1) is 0 Å². The van der Waals surface area contributed by atoms with Gasteiger partial charge in [-0.3, -0.25) is 4.99 Å². The van der Waals surface area contributed by atoms with Gasteiger partial charge in [-0.25, -0.2) is 0 Å². The maximum Gasteiger partial charge on any atom is 0.225 e. The molecule has 0 fully saturated rings. The fraction of sp³-hybridized carbons (Fsp3) is 0.391. The molecule has 1 heterocycles. The minimum Gasteiger partial charge on any atom is -0.489 e. The van der Waals surface area contributed by atoms with Gasteiger partial charge in [0.1, 0.15) is 5.75 Å². The summed E-state index contributed by atoms with van der Waals surface area (Å²) in [6, 6.07) is 13.8. The van der Waals surface area contributed by atoms with E-state index < -0.39 is 0 Å². The van der Waals surface area contributed by atoms with Crippen molar-refractivity contribution in [2.75, 3.05) is 19.0 Å². The molecule has 3 rings (SSSR count). The third-order valence-corrected chi connectivity index (χ3v) is 5.29. The van der Waals surface area contributed by atoms with E-state index in [1.54, 1.807) is 7.05 Å². The second-order valence-corrected chi connectivity index (χ2v) is 8.77. The number of hydrogen-bond acceptors (Lipinski definition) is 4. The highest BCUT2D eigenvalue weighted by Gasteiger charge is 2.27. The fourth-order valence-corrected chi connectivity index (χ4v) is 3.57. The summed E-state index contributed by atoms with van der Waals surface area (Å²) in [6.07, 6.45) is 0.0548. The Morgan fingerprint density at radius 1 is 1.10 bits per heavy atom. The van der Waals surface area contributed by atoms with Crippen molar-refractivity contribution < 1.29 is 4.74 Å². The molecular weight excluding hydrogens is 433 g/mol. The van der Waals surface area contributed by atoms with E-state index in [1.165, 1.54) is 0 Å². The molecule has 0 radical (unpaired) electrons. The number of halogens is 2. The molecule has 0 amide bonds. The van der Waals surface area contributed by atoms with E-state index in [0.717, 1.165) is 16.3 Å². The van der Waals surface area contributed by atoms with Gasteiger partial charge in [0, 0.05) is 30.3 Å². The van der Waals surface area contributed by atoms with Crippen LogP contribution in [0, 0.1) is 0 Å².